The maximum atomic E-state index is 5.53. The Morgan fingerprint density at radius 1 is 1.08 bits per heavy atom. The highest BCUT2D eigenvalue weighted by molar-refractivity contribution is 5.85. The lowest BCUT2D eigenvalue weighted by Crippen LogP contribution is -2.42. The van der Waals surface area contributed by atoms with E-state index in [0.29, 0.717) is 6.04 Å². The van der Waals surface area contributed by atoms with Crippen molar-refractivity contribution in [1.82, 2.24) is 15.4 Å². The number of hydrogen-bond acceptors (Lipinski definition) is 4. The van der Waals surface area contributed by atoms with Crippen LogP contribution in [0.15, 0.2) is 40.9 Å². The number of benzene rings is 1. The molecule has 0 unspecified atom stereocenters. The van der Waals surface area contributed by atoms with Crippen molar-refractivity contribution in [2.45, 2.75) is 38.3 Å². The zero-order valence-electron chi connectivity index (χ0n) is 14.0. The molecule has 2 heterocycles. The summed E-state index contributed by atoms with van der Waals surface area (Å²) in [5.74, 6) is 1.94. The van der Waals surface area contributed by atoms with Crippen LogP contribution in [0.5, 0.6) is 0 Å². The van der Waals surface area contributed by atoms with Crippen LogP contribution < -0.4 is 5.32 Å². The second-order valence-electron chi connectivity index (χ2n) is 6.95. The molecule has 2 aliphatic rings. The van der Waals surface area contributed by atoms with Crippen molar-refractivity contribution in [1.29, 1.82) is 0 Å². The Kier molecular flexibility index (Phi) is 5.93. The first-order valence-electron chi connectivity index (χ1n) is 8.83. The summed E-state index contributed by atoms with van der Waals surface area (Å²) in [6.07, 6.45) is 5.35. The van der Waals surface area contributed by atoms with Crippen molar-refractivity contribution in [2.75, 3.05) is 19.6 Å². The lowest BCUT2D eigenvalue weighted by atomic mass is 10.0. The summed E-state index contributed by atoms with van der Waals surface area (Å²) < 4.78 is 5.53. The summed E-state index contributed by atoms with van der Waals surface area (Å²) >= 11 is 0. The van der Waals surface area contributed by atoms with Crippen LogP contribution in [0.3, 0.4) is 0 Å². The average molecular weight is 348 g/mol. The molecular weight excluding hydrogens is 322 g/mol. The smallest absolute Gasteiger partial charge is 0.151 e. The number of piperidine rings is 1. The Morgan fingerprint density at radius 3 is 2.54 bits per heavy atom. The van der Waals surface area contributed by atoms with Crippen LogP contribution in [0, 0.1) is 5.92 Å². The molecule has 1 aromatic heterocycles. The number of nitrogens with zero attached hydrogens (tertiary/aromatic N) is 2. The monoisotopic (exact) mass is 347 g/mol. The van der Waals surface area contributed by atoms with Crippen LogP contribution >= 0.6 is 12.4 Å². The van der Waals surface area contributed by atoms with Gasteiger partial charge in [-0.2, -0.15) is 0 Å². The fraction of sp³-hybridized carbons (Fsp3) is 0.526. The van der Waals surface area contributed by atoms with Gasteiger partial charge in [0.15, 0.2) is 5.76 Å². The normalized spacial score (nSPS) is 19.2. The summed E-state index contributed by atoms with van der Waals surface area (Å²) in [6.45, 7) is 4.38. The Bertz CT molecular complexity index is 619. The van der Waals surface area contributed by atoms with Gasteiger partial charge in [0.1, 0.15) is 5.69 Å². The predicted molar refractivity (Wildman–Crippen MR) is 98.2 cm³/mol. The van der Waals surface area contributed by atoms with Crippen molar-refractivity contribution in [3.8, 4) is 11.3 Å². The molecule has 1 saturated heterocycles. The Morgan fingerprint density at radius 2 is 1.83 bits per heavy atom. The fourth-order valence-electron chi connectivity index (χ4n) is 3.30. The first-order valence-corrected chi connectivity index (χ1v) is 8.83. The van der Waals surface area contributed by atoms with Crippen LogP contribution in [0.25, 0.3) is 11.3 Å². The molecular formula is C19H26ClN3O. The van der Waals surface area contributed by atoms with Crippen LogP contribution in [-0.4, -0.2) is 35.7 Å². The van der Waals surface area contributed by atoms with Crippen LogP contribution in [0.1, 0.15) is 31.4 Å². The molecule has 4 nitrogen and oxygen atoms in total. The molecule has 0 amide bonds. The van der Waals surface area contributed by atoms with Crippen molar-refractivity contribution in [2.24, 2.45) is 5.92 Å². The molecule has 2 aromatic rings. The van der Waals surface area contributed by atoms with E-state index in [0.717, 1.165) is 42.6 Å². The highest BCUT2D eigenvalue weighted by atomic mass is 35.5. The lowest BCUT2D eigenvalue weighted by Gasteiger charge is -2.31. The average Bonchev–Trinajstić information content (AvgIpc) is 3.32. The van der Waals surface area contributed by atoms with Crippen LogP contribution in [0.4, 0.5) is 0 Å². The third-order valence-electron chi connectivity index (χ3n) is 4.99. The molecule has 5 heteroatoms. The van der Waals surface area contributed by atoms with Crippen molar-refractivity contribution in [3.63, 3.8) is 0 Å². The molecule has 0 radical (unpaired) electrons. The van der Waals surface area contributed by atoms with E-state index in [1.54, 1.807) is 0 Å². The van der Waals surface area contributed by atoms with Gasteiger partial charge in [0.2, 0.25) is 0 Å². The molecule has 4 rings (SSSR count). The van der Waals surface area contributed by atoms with Gasteiger partial charge < -0.3 is 9.84 Å². The van der Waals surface area contributed by atoms with E-state index in [-0.39, 0.29) is 12.4 Å². The van der Waals surface area contributed by atoms with Gasteiger partial charge >= 0.3 is 0 Å². The highest BCUT2D eigenvalue weighted by Gasteiger charge is 2.24. The van der Waals surface area contributed by atoms with Crippen molar-refractivity contribution in [3.05, 3.63) is 42.2 Å². The van der Waals surface area contributed by atoms with Gasteiger partial charge in [-0.1, -0.05) is 35.5 Å². The molecule has 1 aromatic carbocycles. The van der Waals surface area contributed by atoms with Gasteiger partial charge in [-0.15, -0.1) is 12.4 Å². The third-order valence-corrected chi connectivity index (χ3v) is 4.99. The largest absolute Gasteiger partial charge is 0.359 e. The standard InChI is InChI=1S/C19H25N3O.ClH/c1-2-4-16(5-3-1)19-12-18(23-21-19)14-22-10-8-17(9-11-22)20-13-15-6-7-15;/h1-5,12,15,17,20H,6-11,13-14H2;1H. The van der Waals surface area contributed by atoms with Gasteiger partial charge in [0.05, 0.1) is 6.54 Å². The zero-order valence-corrected chi connectivity index (χ0v) is 14.8. The molecule has 0 bridgehead atoms. The lowest BCUT2D eigenvalue weighted by molar-refractivity contribution is 0.173. The predicted octanol–water partition coefficient (Wildman–Crippen LogP) is 3.73. The van der Waals surface area contributed by atoms with Gasteiger partial charge in [0, 0.05) is 30.8 Å². The third kappa shape index (κ3) is 4.59. The van der Waals surface area contributed by atoms with E-state index < -0.39 is 0 Å². The SMILES string of the molecule is Cl.c1ccc(-c2cc(CN3CCC(NCC4CC4)CC3)on2)cc1. The van der Waals surface area contributed by atoms with E-state index in [2.05, 4.69) is 33.6 Å². The maximum absolute atomic E-state index is 5.53. The second kappa shape index (κ2) is 8.15. The summed E-state index contributed by atoms with van der Waals surface area (Å²) in [6, 6.07) is 13.0. The zero-order chi connectivity index (χ0) is 15.5. The molecule has 1 N–H and O–H groups in total. The Balaban J connectivity index is 0.00000169. The van der Waals surface area contributed by atoms with Gasteiger partial charge in [-0.05, 0) is 38.1 Å². The summed E-state index contributed by atoms with van der Waals surface area (Å²) in [4.78, 5) is 2.48. The highest BCUT2D eigenvalue weighted by Crippen LogP contribution is 2.28. The number of aromatic nitrogens is 1. The number of halogens is 1. The maximum Gasteiger partial charge on any atom is 0.151 e. The number of rotatable bonds is 6. The van der Waals surface area contributed by atoms with Gasteiger partial charge in [-0.25, -0.2) is 0 Å². The second-order valence-corrected chi connectivity index (χ2v) is 6.95. The first kappa shape index (κ1) is 17.5. The minimum atomic E-state index is 0. The van der Waals surface area contributed by atoms with E-state index in [4.69, 9.17) is 4.52 Å². The molecule has 1 aliphatic carbocycles. The Hall–Kier alpha value is -1.36. The van der Waals surface area contributed by atoms with Crippen LogP contribution in [-0.2, 0) is 6.54 Å². The minimum Gasteiger partial charge on any atom is -0.359 e. The molecule has 24 heavy (non-hydrogen) atoms. The summed E-state index contributed by atoms with van der Waals surface area (Å²) in [7, 11) is 0. The quantitative estimate of drug-likeness (QED) is 0.864. The van der Waals surface area contributed by atoms with E-state index in [9.17, 15) is 0 Å². The molecule has 1 saturated carbocycles. The number of likely N-dealkylation sites (tertiary alicyclic amines) is 1. The Labute approximate surface area is 150 Å². The molecule has 0 spiro atoms. The number of hydrogen-bond donors (Lipinski definition) is 1. The molecule has 2 fully saturated rings. The molecule has 130 valence electrons. The fourth-order valence-corrected chi connectivity index (χ4v) is 3.30. The van der Waals surface area contributed by atoms with Crippen molar-refractivity contribution < 1.29 is 4.52 Å². The van der Waals surface area contributed by atoms with Gasteiger partial charge in [-0.3, -0.25) is 4.90 Å². The van der Waals surface area contributed by atoms with Gasteiger partial charge in [0.25, 0.3) is 0 Å². The number of nitrogens with one attached hydrogen (secondary N) is 1. The van der Waals surface area contributed by atoms with E-state index in [1.165, 1.54) is 32.2 Å². The molecule has 1 aliphatic heterocycles. The molecule has 0 atom stereocenters. The van der Waals surface area contributed by atoms with E-state index >= 15 is 0 Å². The topological polar surface area (TPSA) is 41.3 Å². The van der Waals surface area contributed by atoms with Crippen molar-refractivity contribution >= 4 is 12.4 Å². The first-order chi connectivity index (χ1) is 11.4. The van der Waals surface area contributed by atoms with Crippen LogP contribution in [0.2, 0.25) is 0 Å². The summed E-state index contributed by atoms with van der Waals surface area (Å²) in [5.41, 5.74) is 2.05. The minimum absolute atomic E-state index is 0. The summed E-state index contributed by atoms with van der Waals surface area (Å²) in [5, 5.41) is 7.94. The van der Waals surface area contributed by atoms with E-state index in [1.807, 2.05) is 18.2 Å².